The topological polar surface area (TPSA) is 0 Å². The first-order valence-corrected chi connectivity index (χ1v) is 47.4. The Bertz CT molecular complexity index is 1170. The average molecular weight is 728 g/mol. The van der Waals surface area contributed by atoms with Gasteiger partial charge in [0.2, 0.25) is 0 Å². The number of hydrogen-bond acceptors (Lipinski definition) is 0. The molecule has 0 heterocycles. The Morgan fingerprint density at radius 3 is 0.805 bits per heavy atom. The van der Waals surface area contributed by atoms with Gasteiger partial charge < -0.3 is 0 Å². The Kier molecular flexibility index (Phi) is 9.41. The highest BCUT2D eigenvalue weighted by atomic mass is 35.5. The summed E-state index contributed by atoms with van der Waals surface area (Å²) >= 11 is 15.0. The summed E-state index contributed by atoms with van der Waals surface area (Å²) in [5.74, 6) is 0. The monoisotopic (exact) mass is 726 g/mol. The van der Waals surface area contributed by atoms with E-state index in [4.69, 9.17) is 23.2 Å². The third kappa shape index (κ3) is 5.37. The van der Waals surface area contributed by atoms with Gasteiger partial charge in [-0.25, -0.2) is 0 Å². The fourth-order valence-corrected chi connectivity index (χ4v) is 215. The first kappa shape index (κ1) is 36.2. The second kappa shape index (κ2) is 10.7. The molecule has 0 amide bonds. The van der Waals surface area contributed by atoms with E-state index in [2.05, 4.69) is 142 Å². The van der Waals surface area contributed by atoms with Crippen molar-refractivity contribution in [2.75, 3.05) is 0 Å². The van der Waals surface area contributed by atoms with Crippen LogP contribution >= 0.6 is 23.2 Å². The van der Waals surface area contributed by atoms with Crippen LogP contribution in [0, 0.1) is 0 Å². The highest BCUT2D eigenvalue weighted by Gasteiger charge is 2.64. The molecular weight excluding hydrogens is 668 g/mol. The summed E-state index contributed by atoms with van der Waals surface area (Å²) in [6.07, 6.45) is 1.04. The van der Waals surface area contributed by atoms with Crippen molar-refractivity contribution < 1.29 is 0 Å². The number of benzene rings is 2. The molecule has 0 radical (unpaired) electrons. The normalized spacial score (nSPS) is 15.7. The largest absolute Gasteiger partial charge is 0.0845 e. The molecule has 1 aliphatic rings. The van der Waals surface area contributed by atoms with E-state index < -0.39 is 58.8 Å². The molecule has 0 fully saturated rings. The van der Waals surface area contributed by atoms with E-state index in [9.17, 15) is 0 Å². The molecule has 0 nitrogen and oxygen atoms in total. The minimum absolute atomic E-state index is 1.04. The standard InChI is InChI=1S/C31H60Cl2Si8/c1-34(2,3)40(35(4,5)6,36(7,8)9)30-20-24-19-25-21-31(29(33)23-27(25)26(24)22-28(30)32)41(37(10,11)12,38(13,14)15)39(16,17)18/h20-23H,19H2,1-18H3. The van der Waals surface area contributed by atoms with Crippen LogP contribution in [0.5, 0.6) is 0 Å². The molecule has 0 spiro atoms. The van der Waals surface area contributed by atoms with Crippen molar-refractivity contribution in [1.82, 2.24) is 0 Å². The molecule has 0 bridgehead atoms. The van der Waals surface area contributed by atoms with E-state index in [0.717, 1.165) is 16.5 Å². The molecule has 0 unspecified atom stereocenters. The molecule has 0 N–H and O–H groups in total. The van der Waals surface area contributed by atoms with E-state index in [1.165, 1.54) is 22.3 Å². The Morgan fingerprint density at radius 1 is 0.390 bits per heavy atom. The minimum Gasteiger partial charge on any atom is -0.0845 e. The minimum atomic E-state index is -1.81. The van der Waals surface area contributed by atoms with Crippen LogP contribution in [0.15, 0.2) is 24.3 Å². The average Bonchev–Trinajstić information content (AvgIpc) is 2.98. The fourth-order valence-electron chi connectivity index (χ4n) is 12.0. The zero-order chi connectivity index (χ0) is 32.2. The van der Waals surface area contributed by atoms with Crippen LogP contribution in [0.2, 0.25) is 128 Å². The molecule has 0 aliphatic heterocycles. The maximum atomic E-state index is 7.49. The lowest BCUT2D eigenvalue weighted by molar-refractivity contribution is 1.27. The summed E-state index contributed by atoms with van der Waals surface area (Å²) in [6, 6.07) is 10.1. The van der Waals surface area contributed by atoms with E-state index in [0.29, 0.717) is 0 Å². The Morgan fingerprint density at radius 2 is 0.610 bits per heavy atom. The Labute approximate surface area is 271 Å². The van der Waals surface area contributed by atoms with Crippen molar-refractivity contribution in [3.8, 4) is 11.1 Å². The summed E-state index contributed by atoms with van der Waals surface area (Å²) in [4.78, 5) is 0. The summed E-state index contributed by atoms with van der Waals surface area (Å²) in [5, 5.41) is 5.38. The highest BCUT2D eigenvalue weighted by Crippen LogP contribution is 2.45. The maximum absolute atomic E-state index is 7.49. The van der Waals surface area contributed by atoms with Gasteiger partial charge in [0.25, 0.3) is 0 Å². The van der Waals surface area contributed by atoms with Crippen molar-refractivity contribution in [2.45, 2.75) is 124 Å². The molecule has 1 aliphatic carbocycles. The summed E-state index contributed by atoms with van der Waals surface area (Å²) in [7, 11) is -9.13. The summed E-state index contributed by atoms with van der Waals surface area (Å²) in [6.45, 7) is 44.5. The van der Waals surface area contributed by atoms with Gasteiger partial charge in [0.05, 0.1) is 13.3 Å². The van der Waals surface area contributed by atoms with Gasteiger partial charge in [-0.2, -0.15) is 0 Å². The van der Waals surface area contributed by atoms with E-state index >= 15 is 0 Å². The van der Waals surface area contributed by atoms with Crippen molar-refractivity contribution in [3.05, 3.63) is 45.4 Å². The molecule has 0 aromatic heterocycles. The second-order valence-electron chi connectivity index (χ2n) is 19.2. The lowest BCUT2D eigenvalue weighted by Crippen LogP contribution is -2.88. The predicted molar refractivity (Wildman–Crippen MR) is 216 cm³/mol. The van der Waals surface area contributed by atoms with Gasteiger partial charge in [0, 0.05) is 55.6 Å². The quantitative estimate of drug-likeness (QED) is 0.203. The molecule has 0 atom stereocenters. The fraction of sp³-hybridized carbons (Fsp3) is 0.613. The molecule has 2 aromatic rings. The SMILES string of the molecule is C[Si](C)(C)[Si](c1cc2c(cc1Cl)-c1cc(Cl)c([Si]([Si](C)(C)C)([Si](C)(C)C)[Si](C)(C)C)cc1C2)([Si](C)(C)C)[Si](C)(C)C. The van der Waals surface area contributed by atoms with Crippen LogP contribution in [0.25, 0.3) is 11.1 Å². The van der Waals surface area contributed by atoms with Gasteiger partial charge in [-0.15, -0.1) is 0 Å². The van der Waals surface area contributed by atoms with Gasteiger partial charge in [0.1, 0.15) is 0 Å². The highest BCUT2D eigenvalue weighted by molar-refractivity contribution is 7.93. The number of hydrogen-bond donors (Lipinski definition) is 0. The lowest BCUT2D eigenvalue weighted by Gasteiger charge is -2.58. The van der Waals surface area contributed by atoms with Gasteiger partial charge in [-0.3, -0.25) is 0 Å². The first-order chi connectivity index (χ1) is 18.0. The van der Waals surface area contributed by atoms with Gasteiger partial charge >= 0.3 is 0 Å². The molecule has 3 rings (SSSR count). The number of fused-ring (bicyclic) bond motifs is 3. The Balaban J connectivity index is 2.39. The number of rotatable bonds is 8. The van der Waals surface area contributed by atoms with E-state index in [1.807, 2.05) is 0 Å². The van der Waals surface area contributed by atoms with Crippen molar-refractivity contribution in [3.63, 3.8) is 0 Å². The molecule has 10 heteroatoms. The van der Waals surface area contributed by atoms with Gasteiger partial charge in [0.15, 0.2) is 0 Å². The van der Waals surface area contributed by atoms with Crippen LogP contribution in [-0.4, -0.2) is 58.8 Å². The van der Waals surface area contributed by atoms with E-state index in [-0.39, 0.29) is 0 Å². The summed E-state index contributed by atoms with van der Waals surface area (Å²) < 4.78 is 0. The zero-order valence-electron chi connectivity index (χ0n) is 29.8. The lowest BCUT2D eigenvalue weighted by atomic mass is 10.1. The second-order valence-corrected chi connectivity index (χ2v) is 101. The summed E-state index contributed by atoms with van der Waals surface area (Å²) in [5.41, 5.74) is 5.74. The van der Waals surface area contributed by atoms with Gasteiger partial charge in [-0.05, 0) is 51.2 Å². The van der Waals surface area contributed by atoms with Crippen molar-refractivity contribution in [1.29, 1.82) is 0 Å². The zero-order valence-corrected chi connectivity index (χ0v) is 39.3. The Hall–Kier alpha value is 0.755. The molecule has 41 heavy (non-hydrogen) atoms. The van der Waals surface area contributed by atoms with Crippen molar-refractivity contribution in [2.24, 2.45) is 0 Å². The maximum Gasteiger partial charge on any atom is 0.0704 e. The van der Waals surface area contributed by atoms with Crippen LogP contribution in [0.1, 0.15) is 11.1 Å². The van der Waals surface area contributed by atoms with Crippen LogP contribution in [0.3, 0.4) is 0 Å². The van der Waals surface area contributed by atoms with Gasteiger partial charge in [-0.1, -0.05) is 153 Å². The smallest absolute Gasteiger partial charge is 0.0704 e. The molecular formula is C31H60Cl2Si8. The first-order valence-electron chi connectivity index (χ1n) is 15.6. The third-order valence-electron chi connectivity index (χ3n) is 10.6. The van der Waals surface area contributed by atoms with Crippen LogP contribution in [0.4, 0.5) is 0 Å². The van der Waals surface area contributed by atoms with Crippen LogP contribution < -0.4 is 10.4 Å². The molecule has 2 aromatic carbocycles. The van der Waals surface area contributed by atoms with E-state index in [1.54, 1.807) is 10.4 Å². The number of halogens is 2. The third-order valence-corrected chi connectivity index (χ3v) is 154. The molecule has 0 saturated heterocycles. The molecule has 230 valence electrons. The van der Waals surface area contributed by atoms with Crippen molar-refractivity contribution >= 4 is 92.4 Å². The van der Waals surface area contributed by atoms with Crippen LogP contribution in [-0.2, 0) is 6.42 Å². The predicted octanol–water partition coefficient (Wildman–Crippen LogP) is 10.4. The molecule has 0 saturated carbocycles.